The Balaban J connectivity index is 1.42. The Kier molecular flexibility index (Phi) is 4.92. The number of para-hydroxylation sites is 2. The van der Waals surface area contributed by atoms with Crippen LogP contribution in [-0.2, 0) is 0 Å². The van der Waals surface area contributed by atoms with Crippen molar-refractivity contribution in [3.05, 3.63) is 82.5 Å². The maximum absolute atomic E-state index is 13.0. The predicted molar refractivity (Wildman–Crippen MR) is 126 cm³/mol. The molecule has 1 aliphatic rings. The van der Waals surface area contributed by atoms with Crippen LogP contribution in [0, 0.1) is 0 Å². The first kappa shape index (κ1) is 19.3. The second kappa shape index (κ2) is 7.89. The van der Waals surface area contributed by atoms with Crippen molar-refractivity contribution in [2.45, 2.75) is 0 Å². The van der Waals surface area contributed by atoms with Crippen LogP contribution >= 0.6 is 0 Å². The number of rotatable bonds is 3. The minimum absolute atomic E-state index is 0.0736. The summed E-state index contributed by atoms with van der Waals surface area (Å²) in [5.41, 5.74) is 3.53. The van der Waals surface area contributed by atoms with Gasteiger partial charge in [-0.05, 0) is 55.6 Å². The Labute approximate surface area is 180 Å². The molecule has 156 valence electrons. The van der Waals surface area contributed by atoms with E-state index in [1.807, 2.05) is 42.5 Å². The maximum Gasteiger partial charge on any atom is 0.257 e. The third-order valence-electron chi connectivity index (χ3n) is 5.98. The van der Waals surface area contributed by atoms with Gasteiger partial charge in [0.25, 0.3) is 5.91 Å². The Morgan fingerprint density at radius 1 is 0.871 bits per heavy atom. The SMILES string of the molecule is CN1CCN(c2ccc(NC(=O)c3cccc4c(=O)c5ccccc5[nH]c34)cc2)CC1. The van der Waals surface area contributed by atoms with E-state index in [1.54, 1.807) is 24.3 Å². The number of anilines is 2. The Hall–Kier alpha value is -3.64. The normalized spacial score (nSPS) is 14.8. The third-order valence-corrected chi connectivity index (χ3v) is 5.98. The molecule has 4 aromatic rings. The van der Waals surface area contributed by atoms with Crippen molar-refractivity contribution in [1.29, 1.82) is 0 Å². The van der Waals surface area contributed by atoms with E-state index in [0.29, 0.717) is 21.9 Å². The number of benzene rings is 3. The summed E-state index contributed by atoms with van der Waals surface area (Å²) in [6.45, 7) is 4.10. The topological polar surface area (TPSA) is 68.4 Å². The van der Waals surface area contributed by atoms with Gasteiger partial charge in [0.05, 0.1) is 11.1 Å². The van der Waals surface area contributed by atoms with Crippen LogP contribution in [0.1, 0.15) is 10.4 Å². The summed E-state index contributed by atoms with van der Waals surface area (Å²) in [5, 5.41) is 4.10. The number of H-pyrrole nitrogens is 1. The van der Waals surface area contributed by atoms with E-state index in [2.05, 4.69) is 27.1 Å². The van der Waals surface area contributed by atoms with Crippen molar-refractivity contribution in [3.63, 3.8) is 0 Å². The monoisotopic (exact) mass is 412 g/mol. The number of hydrogen-bond donors (Lipinski definition) is 2. The molecule has 6 heteroatoms. The summed E-state index contributed by atoms with van der Waals surface area (Å²) < 4.78 is 0. The van der Waals surface area contributed by atoms with E-state index >= 15 is 0 Å². The number of nitrogens with zero attached hydrogens (tertiary/aromatic N) is 2. The van der Waals surface area contributed by atoms with Crippen molar-refractivity contribution in [2.75, 3.05) is 43.4 Å². The molecule has 6 nitrogen and oxygen atoms in total. The van der Waals surface area contributed by atoms with E-state index in [-0.39, 0.29) is 11.3 Å². The second-order valence-electron chi connectivity index (χ2n) is 8.02. The molecule has 2 N–H and O–H groups in total. The second-order valence-corrected chi connectivity index (χ2v) is 8.02. The molecule has 1 aromatic heterocycles. The number of fused-ring (bicyclic) bond motifs is 2. The highest BCUT2D eigenvalue weighted by molar-refractivity contribution is 6.13. The van der Waals surface area contributed by atoms with Gasteiger partial charge in [-0.2, -0.15) is 0 Å². The van der Waals surface area contributed by atoms with Crippen LogP contribution in [0.5, 0.6) is 0 Å². The molecule has 0 radical (unpaired) electrons. The summed E-state index contributed by atoms with van der Waals surface area (Å²) in [6, 6.07) is 20.5. The molecule has 2 heterocycles. The molecule has 31 heavy (non-hydrogen) atoms. The molecule has 0 saturated carbocycles. The van der Waals surface area contributed by atoms with Gasteiger partial charge in [0, 0.05) is 53.8 Å². The minimum atomic E-state index is -0.246. The lowest BCUT2D eigenvalue weighted by Crippen LogP contribution is -2.44. The fourth-order valence-corrected chi connectivity index (χ4v) is 4.15. The molecule has 1 aliphatic heterocycles. The molecule has 5 rings (SSSR count). The first-order chi connectivity index (χ1) is 15.1. The van der Waals surface area contributed by atoms with Crippen LogP contribution in [0.3, 0.4) is 0 Å². The van der Waals surface area contributed by atoms with Gasteiger partial charge in [0.1, 0.15) is 0 Å². The highest BCUT2D eigenvalue weighted by Gasteiger charge is 2.16. The van der Waals surface area contributed by atoms with Gasteiger partial charge in [-0.25, -0.2) is 0 Å². The number of aromatic nitrogens is 1. The highest BCUT2D eigenvalue weighted by atomic mass is 16.1. The van der Waals surface area contributed by atoms with Gasteiger partial charge >= 0.3 is 0 Å². The van der Waals surface area contributed by atoms with Crippen molar-refractivity contribution in [1.82, 2.24) is 9.88 Å². The van der Waals surface area contributed by atoms with Crippen LogP contribution in [0.2, 0.25) is 0 Å². The van der Waals surface area contributed by atoms with Gasteiger partial charge in [0.15, 0.2) is 5.43 Å². The molecule has 1 saturated heterocycles. The van der Waals surface area contributed by atoms with Gasteiger partial charge in [-0.15, -0.1) is 0 Å². The number of nitrogens with one attached hydrogen (secondary N) is 2. The van der Waals surface area contributed by atoms with Crippen molar-refractivity contribution in [3.8, 4) is 0 Å². The maximum atomic E-state index is 13.0. The Morgan fingerprint density at radius 2 is 1.58 bits per heavy atom. The van der Waals surface area contributed by atoms with E-state index < -0.39 is 0 Å². The van der Waals surface area contributed by atoms with Crippen LogP contribution < -0.4 is 15.6 Å². The Bertz CT molecular complexity index is 1320. The fourth-order valence-electron chi connectivity index (χ4n) is 4.15. The highest BCUT2D eigenvalue weighted by Crippen LogP contribution is 2.22. The fraction of sp³-hybridized carbons (Fsp3) is 0.200. The van der Waals surface area contributed by atoms with Crippen molar-refractivity contribution in [2.24, 2.45) is 0 Å². The van der Waals surface area contributed by atoms with Gasteiger partial charge in [0.2, 0.25) is 0 Å². The average Bonchev–Trinajstić information content (AvgIpc) is 2.80. The van der Waals surface area contributed by atoms with Crippen LogP contribution in [0.4, 0.5) is 11.4 Å². The largest absolute Gasteiger partial charge is 0.369 e. The van der Waals surface area contributed by atoms with Crippen LogP contribution in [-0.4, -0.2) is 49.0 Å². The zero-order chi connectivity index (χ0) is 21.4. The quantitative estimate of drug-likeness (QED) is 0.504. The molecule has 0 unspecified atom stereocenters. The van der Waals surface area contributed by atoms with Crippen LogP contribution in [0.15, 0.2) is 71.5 Å². The van der Waals surface area contributed by atoms with Gasteiger partial charge in [-0.3, -0.25) is 9.59 Å². The smallest absolute Gasteiger partial charge is 0.257 e. The first-order valence-corrected chi connectivity index (χ1v) is 10.5. The van der Waals surface area contributed by atoms with Crippen molar-refractivity contribution < 1.29 is 4.79 Å². The molecule has 0 spiro atoms. The van der Waals surface area contributed by atoms with E-state index in [4.69, 9.17) is 0 Å². The number of aromatic amines is 1. The lowest BCUT2D eigenvalue weighted by Gasteiger charge is -2.34. The summed E-state index contributed by atoms with van der Waals surface area (Å²) in [6.07, 6.45) is 0. The number of piperazine rings is 1. The Morgan fingerprint density at radius 3 is 2.35 bits per heavy atom. The average molecular weight is 412 g/mol. The molecule has 0 aliphatic carbocycles. The summed E-state index contributed by atoms with van der Waals surface area (Å²) in [4.78, 5) is 33.9. The number of amides is 1. The summed E-state index contributed by atoms with van der Waals surface area (Å²) >= 11 is 0. The number of pyridine rings is 1. The zero-order valence-electron chi connectivity index (χ0n) is 17.4. The summed E-state index contributed by atoms with van der Waals surface area (Å²) in [7, 11) is 2.14. The molecule has 1 fully saturated rings. The molecular weight excluding hydrogens is 388 g/mol. The van der Waals surface area contributed by atoms with Gasteiger partial charge in [-0.1, -0.05) is 18.2 Å². The molecule has 0 atom stereocenters. The van der Waals surface area contributed by atoms with Gasteiger partial charge < -0.3 is 20.1 Å². The van der Waals surface area contributed by atoms with E-state index in [0.717, 1.165) is 43.1 Å². The molecule has 0 bridgehead atoms. The molecule has 1 amide bonds. The van der Waals surface area contributed by atoms with E-state index in [1.165, 1.54) is 0 Å². The first-order valence-electron chi connectivity index (χ1n) is 10.5. The molecule has 3 aromatic carbocycles. The zero-order valence-corrected chi connectivity index (χ0v) is 17.4. The number of hydrogen-bond acceptors (Lipinski definition) is 4. The number of carbonyl (C=O) groups is 1. The lowest BCUT2D eigenvalue weighted by atomic mass is 10.1. The standard InChI is InChI=1S/C25H24N4O2/c1-28-13-15-29(16-14-28)18-11-9-17(10-12-18)26-25(31)21-7-4-6-20-23(21)27-22-8-3-2-5-19(22)24(20)30/h2-12H,13-16H2,1H3,(H,26,31)(H,27,30). The van der Waals surface area contributed by atoms with Crippen molar-refractivity contribution >= 4 is 39.1 Å². The summed E-state index contributed by atoms with van der Waals surface area (Å²) in [5.74, 6) is -0.246. The molecular formula is C25H24N4O2. The number of carbonyl (C=O) groups excluding carboxylic acids is 1. The van der Waals surface area contributed by atoms with Crippen LogP contribution in [0.25, 0.3) is 21.8 Å². The number of likely N-dealkylation sites (N-methyl/N-ethyl adjacent to an activating group) is 1. The predicted octanol–water partition coefficient (Wildman–Crippen LogP) is 3.69. The van der Waals surface area contributed by atoms with E-state index in [9.17, 15) is 9.59 Å². The lowest BCUT2D eigenvalue weighted by molar-refractivity contribution is 0.102. The minimum Gasteiger partial charge on any atom is -0.369 e. The third kappa shape index (κ3) is 3.66.